The number of esters is 1. The molecule has 1 aromatic carbocycles. The zero-order valence-electron chi connectivity index (χ0n) is 13.3. The van der Waals surface area contributed by atoms with Gasteiger partial charge in [0.2, 0.25) is 0 Å². The third-order valence-corrected chi connectivity index (χ3v) is 3.67. The number of methoxy groups -OCH3 is 1. The zero-order valence-corrected chi connectivity index (χ0v) is 13.3. The SMILES string of the molecule is COC(=O)C[C@@H](O)[C@H](C)[C@H](OCc1ccccc1)C(C)C. The highest BCUT2D eigenvalue weighted by Crippen LogP contribution is 2.23. The molecule has 0 aliphatic rings. The van der Waals surface area contributed by atoms with Crippen molar-refractivity contribution in [3.63, 3.8) is 0 Å². The van der Waals surface area contributed by atoms with Gasteiger partial charge in [0.25, 0.3) is 0 Å². The van der Waals surface area contributed by atoms with Crippen molar-refractivity contribution < 1.29 is 19.4 Å². The summed E-state index contributed by atoms with van der Waals surface area (Å²) in [5.41, 5.74) is 1.10. The molecule has 0 unspecified atom stereocenters. The summed E-state index contributed by atoms with van der Waals surface area (Å²) in [5, 5.41) is 10.2. The lowest BCUT2D eigenvalue weighted by Gasteiger charge is -2.30. The molecule has 0 aliphatic carbocycles. The van der Waals surface area contributed by atoms with Crippen LogP contribution in [-0.2, 0) is 20.9 Å². The van der Waals surface area contributed by atoms with Crippen LogP contribution in [0.3, 0.4) is 0 Å². The van der Waals surface area contributed by atoms with E-state index in [9.17, 15) is 9.90 Å². The molecule has 0 radical (unpaired) electrons. The van der Waals surface area contributed by atoms with Gasteiger partial charge in [0.15, 0.2) is 0 Å². The summed E-state index contributed by atoms with van der Waals surface area (Å²) < 4.78 is 10.6. The number of carbonyl (C=O) groups excluding carboxylic acids is 1. The molecule has 0 heterocycles. The van der Waals surface area contributed by atoms with Crippen LogP contribution in [0.1, 0.15) is 32.8 Å². The van der Waals surface area contributed by atoms with Gasteiger partial charge in [-0.3, -0.25) is 4.79 Å². The van der Waals surface area contributed by atoms with Crippen LogP contribution in [0.5, 0.6) is 0 Å². The summed E-state index contributed by atoms with van der Waals surface area (Å²) in [7, 11) is 1.32. The quantitative estimate of drug-likeness (QED) is 0.749. The number of aliphatic hydroxyl groups excluding tert-OH is 1. The molecule has 4 heteroatoms. The summed E-state index contributed by atoms with van der Waals surface area (Å²) in [6, 6.07) is 9.92. The second-order valence-electron chi connectivity index (χ2n) is 5.71. The second-order valence-corrected chi connectivity index (χ2v) is 5.71. The molecular weight excluding hydrogens is 268 g/mol. The number of benzene rings is 1. The minimum Gasteiger partial charge on any atom is -0.469 e. The van der Waals surface area contributed by atoms with E-state index in [1.807, 2.05) is 37.3 Å². The Morgan fingerprint density at radius 3 is 2.33 bits per heavy atom. The standard InChI is InChI=1S/C17H26O4/c1-12(2)17(13(3)15(18)10-16(19)20-4)21-11-14-8-6-5-7-9-14/h5-9,12-13,15,17-18H,10-11H2,1-4H3/t13-,15+,17+/m0/s1. The minimum absolute atomic E-state index is 0.00438. The monoisotopic (exact) mass is 294 g/mol. The Balaban J connectivity index is 2.61. The third kappa shape index (κ3) is 5.86. The zero-order chi connectivity index (χ0) is 15.8. The predicted molar refractivity (Wildman–Crippen MR) is 81.7 cm³/mol. The molecule has 3 atom stereocenters. The number of aliphatic hydroxyl groups is 1. The average molecular weight is 294 g/mol. The molecule has 0 spiro atoms. The van der Waals surface area contributed by atoms with Crippen LogP contribution >= 0.6 is 0 Å². The summed E-state index contributed by atoms with van der Waals surface area (Å²) in [5.74, 6) is -0.302. The Morgan fingerprint density at radius 1 is 1.19 bits per heavy atom. The van der Waals surface area contributed by atoms with Gasteiger partial charge in [-0.1, -0.05) is 51.1 Å². The minimum atomic E-state index is -0.763. The van der Waals surface area contributed by atoms with Gasteiger partial charge < -0.3 is 14.6 Å². The number of hydrogen-bond donors (Lipinski definition) is 1. The summed E-state index contributed by atoms with van der Waals surface area (Å²) in [6.07, 6.45) is -0.888. The Labute approximate surface area is 127 Å². The van der Waals surface area contributed by atoms with E-state index in [2.05, 4.69) is 18.6 Å². The van der Waals surface area contributed by atoms with Crippen LogP contribution in [0.25, 0.3) is 0 Å². The number of carbonyl (C=O) groups is 1. The van der Waals surface area contributed by atoms with Crippen LogP contribution in [0, 0.1) is 11.8 Å². The number of rotatable bonds is 8. The van der Waals surface area contributed by atoms with E-state index in [1.165, 1.54) is 7.11 Å². The Kier molecular flexibility index (Phi) is 7.40. The predicted octanol–water partition coefficient (Wildman–Crippen LogP) is 2.79. The highest BCUT2D eigenvalue weighted by molar-refractivity contribution is 5.69. The van der Waals surface area contributed by atoms with E-state index in [1.54, 1.807) is 0 Å². The Morgan fingerprint density at radius 2 is 1.81 bits per heavy atom. The maximum Gasteiger partial charge on any atom is 0.308 e. The first kappa shape index (κ1) is 17.7. The molecule has 0 fully saturated rings. The topological polar surface area (TPSA) is 55.8 Å². The lowest BCUT2D eigenvalue weighted by Crippen LogP contribution is -2.36. The van der Waals surface area contributed by atoms with Crippen molar-refractivity contribution in [3.8, 4) is 0 Å². The van der Waals surface area contributed by atoms with Gasteiger partial charge in [-0.25, -0.2) is 0 Å². The van der Waals surface area contributed by atoms with E-state index >= 15 is 0 Å². The van der Waals surface area contributed by atoms with Crippen molar-refractivity contribution in [2.45, 2.75) is 46.0 Å². The van der Waals surface area contributed by atoms with E-state index in [4.69, 9.17) is 4.74 Å². The van der Waals surface area contributed by atoms with Crippen LogP contribution in [0.4, 0.5) is 0 Å². The average Bonchev–Trinajstić information content (AvgIpc) is 2.47. The third-order valence-electron chi connectivity index (χ3n) is 3.67. The van der Waals surface area contributed by atoms with Crippen LogP contribution < -0.4 is 0 Å². The van der Waals surface area contributed by atoms with Crippen molar-refractivity contribution >= 4 is 5.97 Å². The molecule has 0 saturated heterocycles. The molecule has 0 aromatic heterocycles. The molecule has 1 rings (SSSR count). The maximum atomic E-state index is 11.3. The fraction of sp³-hybridized carbons (Fsp3) is 0.588. The van der Waals surface area contributed by atoms with Crippen molar-refractivity contribution in [3.05, 3.63) is 35.9 Å². The first-order valence-corrected chi connectivity index (χ1v) is 7.36. The first-order chi connectivity index (χ1) is 9.95. The van der Waals surface area contributed by atoms with Crippen LogP contribution in [-0.4, -0.2) is 30.4 Å². The highest BCUT2D eigenvalue weighted by atomic mass is 16.5. The molecule has 0 saturated carbocycles. The molecular formula is C17H26O4. The Hall–Kier alpha value is -1.39. The van der Waals surface area contributed by atoms with Gasteiger partial charge in [0.1, 0.15) is 0 Å². The normalized spacial score (nSPS) is 15.5. The highest BCUT2D eigenvalue weighted by Gasteiger charge is 2.29. The molecule has 1 aromatic rings. The Bertz CT molecular complexity index is 416. The van der Waals surface area contributed by atoms with Gasteiger partial charge in [0.05, 0.1) is 32.3 Å². The lowest BCUT2D eigenvalue weighted by molar-refractivity contribution is -0.145. The summed E-state index contributed by atoms with van der Waals surface area (Å²) in [6.45, 7) is 6.51. The van der Waals surface area contributed by atoms with Gasteiger partial charge >= 0.3 is 5.97 Å². The molecule has 0 bridgehead atoms. The van der Waals surface area contributed by atoms with Crippen molar-refractivity contribution in [2.75, 3.05) is 7.11 Å². The molecule has 0 aliphatic heterocycles. The molecule has 21 heavy (non-hydrogen) atoms. The van der Waals surface area contributed by atoms with E-state index in [-0.39, 0.29) is 24.4 Å². The van der Waals surface area contributed by atoms with Crippen LogP contribution in [0.2, 0.25) is 0 Å². The molecule has 0 amide bonds. The van der Waals surface area contributed by atoms with Crippen molar-refractivity contribution in [1.82, 2.24) is 0 Å². The number of ether oxygens (including phenoxy) is 2. The fourth-order valence-corrected chi connectivity index (χ4v) is 2.38. The summed E-state index contributed by atoms with van der Waals surface area (Å²) >= 11 is 0. The van der Waals surface area contributed by atoms with Gasteiger partial charge in [-0.2, -0.15) is 0 Å². The molecule has 118 valence electrons. The van der Waals surface area contributed by atoms with E-state index in [0.29, 0.717) is 6.61 Å². The fourth-order valence-electron chi connectivity index (χ4n) is 2.38. The van der Waals surface area contributed by atoms with Gasteiger partial charge in [-0.05, 0) is 11.5 Å². The molecule has 4 nitrogen and oxygen atoms in total. The molecule has 1 N–H and O–H groups in total. The van der Waals surface area contributed by atoms with Crippen molar-refractivity contribution in [2.24, 2.45) is 11.8 Å². The van der Waals surface area contributed by atoms with E-state index in [0.717, 1.165) is 5.56 Å². The largest absolute Gasteiger partial charge is 0.469 e. The van der Waals surface area contributed by atoms with Gasteiger partial charge in [0, 0.05) is 5.92 Å². The summed E-state index contributed by atoms with van der Waals surface area (Å²) in [4.78, 5) is 11.3. The number of hydrogen-bond acceptors (Lipinski definition) is 4. The van der Waals surface area contributed by atoms with E-state index < -0.39 is 12.1 Å². The maximum absolute atomic E-state index is 11.3. The van der Waals surface area contributed by atoms with Crippen molar-refractivity contribution in [1.29, 1.82) is 0 Å². The van der Waals surface area contributed by atoms with Crippen LogP contribution in [0.15, 0.2) is 30.3 Å². The lowest BCUT2D eigenvalue weighted by atomic mass is 9.88. The van der Waals surface area contributed by atoms with Gasteiger partial charge in [-0.15, -0.1) is 0 Å². The smallest absolute Gasteiger partial charge is 0.308 e. The first-order valence-electron chi connectivity index (χ1n) is 7.36. The second kappa shape index (κ2) is 8.80.